The minimum Gasteiger partial charge on any atom is -0.378 e. The summed E-state index contributed by atoms with van der Waals surface area (Å²) in [5.74, 6) is 1.04. The van der Waals surface area contributed by atoms with Crippen LogP contribution in [-0.4, -0.2) is 63.4 Å². The highest BCUT2D eigenvalue weighted by atomic mass is 16.5. The molecule has 2 aromatic heterocycles. The van der Waals surface area contributed by atoms with Crippen LogP contribution in [0.2, 0.25) is 0 Å². The van der Waals surface area contributed by atoms with Crippen LogP contribution in [0.4, 0.5) is 5.82 Å². The van der Waals surface area contributed by atoms with Gasteiger partial charge in [0.1, 0.15) is 12.1 Å². The topological polar surface area (TPSA) is 76.4 Å². The zero-order chi connectivity index (χ0) is 19.0. The molecule has 27 heavy (non-hydrogen) atoms. The first kappa shape index (κ1) is 17.9. The number of anilines is 1. The molecule has 0 aromatic carbocycles. The Hall–Kier alpha value is -2.48. The Labute approximate surface area is 159 Å². The third-order valence-corrected chi connectivity index (χ3v) is 5.48. The molecule has 1 saturated heterocycles. The van der Waals surface area contributed by atoms with Crippen molar-refractivity contribution in [3.63, 3.8) is 0 Å². The van der Waals surface area contributed by atoms with Crippen LogP contribution in [0.15, 0.2) is 6.33 Å². The van der Waals surface area contributed by atoms with Gasteiger partial charge >= 0.3 is 0 Å². The lowest BCUT2D eigenvalue weighted by atomic mass is 10.0. The maximum absolute atomic E-state index is 13.2. The molecule has 0 atom stereocenters. The van der Waals surface area contributed by atoms with Gasteiger partial charge in [0.15, 0.2) is 0 Å². The smallest absolute Gasteiger partial charge is 0.257 e. The number of amides is 1. The number of nitrogens with zero attached hydrogens (tertiary/aromatic N) is 6. The summed E-state index contributed by atoms with van der Waals surface area (Å²) in [7, 11) is 0. The SMILES string of the molecule is CCn1nc(C)c(C(=O)N2CCc3c(ncnc3N3CCOCC3)C2)c1C. The average molecular weight is 370 g/mol. The van der Waals surface area contributed by atoms with E-state index in [1.165, 1.54) is 5.56 Å². The summed E-state index contributed by atoms with van der Waals surface area (Å²) >= 11 is 0. The van der Waals surface area contributed by atoms with Gasteiger partial charge in [0.25, 0.3) is 5.91 Å². The summed E-state index contributed by atoms with van der Waals surface area (Å²) in [5, 5.41) is 4.49. The van der Waals surface area contributed by atoms with Crippen molar-refractivity contribution in [3.05, 3.63) is 34.5 Å². The van der Waals surface area contributed by atoms with E-state index in [-0.39, 0.29) is 5.91 Å². The van der Waals surface area contributed by atoms with E-state index in [9.17, 15) is 4.79 Å². The standard InChI is InChI=1S/C19H26N6O2/c1-4-25-14(3)17(13(2)22-25)19(26)24-6-5-15-16(11-24)20-12-21-18(15)23-7-9-27-10-8-23/h12H,4-11H2,1-3H3. The number of carbonyl (C=O) groups excluding carboxylic acids is 1. The largest absolute Gasteiger partial charge is 0.378 e. The summed E-state index contributed by atoms with van der Waals surface area (Å²) < 4.78 is 7.34. The van der Waals surface area contributed by atoms with Crippen LogP contribution >= 0.6 is 0 Å². The molecular formula is C19H26N6O2. The van der Waals surface area contributed by atoms with Crippen LogP contribution in [0, 0.1) is 13.8 Å². The molecule has 4 heterocycles. The summed E-state index contributed by atoms with van der Waals surface area (Å²) in [5.41, 5.74) is 4.57. The van der Waals surface area contributed by atoms with Gasteiger partial charge in [-0.15, -0.1) is 0 Å². The first-order valence-electron chi connectivity index (χ1n) is 9.58. The summed E-state index contributed by atoms with van der Waals surface area (Å²) in [6.45, 7) is 11.0. The molecule has 0 unspecified atom stereocenters. The molecule has 2 aromatic rings. The highest BCUT2D eigenvalue weighted by Gasteiger charge is 2.29. The molecule has 2 aliphatic rings. The summed E-state index contributed by atoms with van der Waals surface area (Å²) in [6.07, 6.45) is 2.39. The molecule has 0 saturated carbocycles. The van der Waals surface area contributed by atoms with E-state index in [1.54, 1.807) is 6.33 Å². The molecular weight excluding hydrogens is 344 g/mol. The monoisotopic (exact) mass is 370 g/mol. The van der Waals surface area contributed by atoms with E-state index in [0.29, 0.717) is 13.1 Å². The Kier molecular flexibility index (Phi) is 4.82. The van der Waals surface area contributed by atoms with E-state index >= 15 is 0 Å². The number of carbonyl (C=O) groups is 1. The van der Waals surface area contributed by atoms with Crippen molar-refractivity contribution in [2.45, 2.75) is 40.3 Å². The summed E-state index contributed by atoms with van der Waals surface area (Å²) in [4.78, 5) is 26.3. The van der Waals surface area contributed by atoms with E-state index in [0.717, 1.165) is 67.7 Å². The van der Waals surface area contributed by atoms with E-state index in [2.05, 4.69) is 20.0 Å². The van der Waals surface area contributed by atoms with Crippen LogP contribution in [0.3, 0.4) is 0 Å². The van der Waals surface area contributed by atoms with Crippen molar-refractivity contribution < 1.29 is 9.53 Å². The second-order valence-electron chi connectivity index (χ2n) is 7.06. The third kappa shape index (κ3) is 3.18. The zero-order valence-electron chi connectivity index (χ0n) is 16.2. The van der Waals surface area contributed by atoms with Crippen LogP contribution < -0.4 is 4.90 Å². The number of rotatable bonds is 3. The number of fused-ring (bicyclic) bond motifs is 1. The molecule has 4 rings (SSSR count). The molecule has 1 fully saturated rings. The Bertz CT molecular complexity index is 856. The number of aromatic nitrogens is 4. The second kappa shape index (κ2) is 7.26. The average Bonchev–Trinajstić information content (AvgIpc) is 3.00. The molecule has 144 valence electrons. The Morgan fingerprint density at radius 1 is 1.19 bits per heavy atom. The number of morpholine rings is 1. The quantitative estimate of drug-likeness (QED) is 0.812. The lowest BCUT2D eigenvalue weighted by molar-refractivity contribution is 0.0730. The van der Waals surface area contributed by atoms with Crippen molar-refractivity contribution in [2.24, 2.45) is 0 Å². The molecule has 0 radical (unpaired) electrons. The van der Waals surface area contributed by atoms with Crippen LogP contribution in [0.5, 0.6) is 0 Å². The highest BCUT2D eigenvalue weighted by Crippen LogP contribution is 2.27. The number of ether oxygens (including phenoxy) is 1. The fourth-order valence-corrected chi connectivity index (χ4v) is 4.03. The second-order valence-corrected chi connectivity index (χ2v) is 7.06. The molecule has 0 aliphatic carbocycles. The van der Waals surface area contributed by atoms with Crippen molar-refractivity contribution in [1.29, 1.82) is 0 Å². The van der Waals surface area contributed by atoms with Crippen LogP contribution in [0.25, 0.3) is 0 Å². The van der Waals surface area contributed by atoms with Gasteiger partial charge < -0.3 is 14.5 Å². The first-order valence-corrected chi connectivity index (χ1v) is 9.58. The van der Waals surface area contributed by atoms with E-state index < -0.39 is 0 Å². The molecule has 1 amide bonds. The number of aryl methyl sites for hydroxylation is 2. The molecule has 0 N–H and O–H groups in total. The van der Waals surface area contributed by atoms with Gasteiger partial charge in [-0.25, -0.2) is 9.97 Å². The normalized spacial score (nSPS) is 17.1. The van der Waals surface area contributed by atoms with Gasteiger partial charge in [0.2, 0.25) is 0 Å². The lowest BCUT2D eigenvalue weighted by Gasteiger charge is -2.33. The van der Waals surface area contributed by atoms with Crippen molar-refractivity contribution in [2.75, 3.05) is 37.7 Å². The Morgan fingerprint density at radius 2 is 1.96 bits per heavy atom. The fraction of sp³-hybridized carbons (Fsp3) is 0.579. The maximum Gasteiger partial charge on any atom is 0.257 e. The van der Waals surface area contributed by atoms with Crippen molar-refractivity contribution in [3.8, 4) is 0 Å². The predicted molar refractivity (Wildman–Crippen MR) is 101 cm³/mol. The van der Waals surface area contributed by atoms with Gasteiger partial charge in [0, 0.05) is 37.4 Å². The number of hydrogen-bond acceptors (Lipinski definition) is 6. The van der Waals surface area contributed by atoms with Gasteiger partial charge in [0.05, 0.1) is 36.7 Å². The van der Waals surface area contributed by atoms with E-state index in [1.807, 2.05) is 30.4 Å². The van der Waals surface area contributed by atoms with Gasteiger partial charge in [-0.3, -0.25) is 9.48 Å². The van der Waals surface area contributed by atoms with Gasteiger partial charge in [-0.05, 0) is 27.2 Å². The van der Waals surface area contributed by atoms with Crippen molar-refractivity contribution >= 4 is 11.7 Å². The van der Waals surface area contributed by atoms with Gasteiger partial charge in [-0.2, -0.15) is 5.10 Å². The Balaban J connectivity index is 1.59. The van der Waals surface area contributed by atoms with Crippen LogP contribution in [0.1, 0.15) is 39.9 Å². The molecule has 0 bridgehead atoms. The molecule has 8 heteroatoms. The van der Waals surface area contributed by atoms with E-state index in [4.69, 9.17) is 4.74 Å². The lowest BCUT2D eigenvalue weighted by Crippen LogP contribution is -2.40. The Morgan fingerprint density at radius 3 is 2.67 bits per heavy atom. The minimum absolute atomic E-state index is 0.0434. The summed E-state index contributed by atoms with van der Waals surface area (Å²) in [6, 6.07) is 0. The predicted octanol–water partition coefficient (Wildman–Crippen LogP) is 1.34. The maximum atomic E-state index is 13.2. The first-order chi connectivity index (χ1) is 13.1. The zero-order valence-corrected chi connectivity index (χ0v) is 16.2. The molecule has 2 aliphatic heterocycles. The molecule has 0 spiro atoms. The third-order valence-electron chi connectivity index (χ3n) is 5.48. The fourth-order valence-electron chi connectivity index (χ4n) is 4.03. The number of hydrogen-bond donors (Lipinski definition) is 0. The molecule has 8 nitrogen and oxygen atoms in total. The minimum atomic E-state index is 0.0434. The van der Waals surface area contributed by atoms with Gasteiger partial charge in [-0.1, -0.05) is 0 Å². The highest BCUT2D eigenvalue weighted by molar-refractivity contribution is 5.96. The van der Waals surface area contributed by atoms with Crippen molar-refractivity contribution in [1.82, 2.24) is 24.6 Å². The van der Waals surface area contributed by atoms with Crippen LogP contribution in [-0.2, 0) is 24.2 Å².